The maximum absolute atomic E-state index is 6.51. The van der Waals surface area contributed by atoms with Crippen LogP contribution in [0, 0.1) is 0 Å². The number of nitrogens with two attached hydrogens (primary N) is 1. The van der Waals surface area contributed by atoms with E-state index in [-0.39, 0.29) is 5.54 Å². The molecule has 3 heteroatoms. The predicted molar refractivity (Wildman–Crippen MR) is 68.5 cm³/mol. The van der Waals surface area contributed by atoms with Gasteiger partial charge in [0.2, 0.25) is 0 Å². The van der Waals surface area contributed by atoms with Crippen molar-refractivity contribution < 1.29 is 0 Å². The maximum Gasteiger partial charge on any atom is 0.0283 e. The third-order valence-electron chi connectivity index (χ3n) is 4.43. The fourth-order valence-corrected chi connectivity index (χ4v) is 3.13. The third-order valence-corrected chi connectivity index (χ3v) is 4.43. The molecular weight excluding hydrogens is 198 g/mol. The van der Waals surface area contributed by atoms with E-state index in [4.69, 9.17) is 5.73 Å². The van der Waals surface area contributed by atoms with Crippen LogP contribution in [-0.4, -0.2) is 54.6 Å². The van der Waals surface area contributed by atoms with Crippen LogP contribution in [0.15, 0.2) is 0 Å². The number of rotatable bonds is 2. The Balaban J connectivity index is 1.84. The summed E-state index contributed by atoms with van der Waals surface area (Å²) in [5.74, 6) is 0. The quantitative estimate of drug-likeness (QED) is 0.768. The molecule has 0 aromatic carbocycles. The van der Waals surface area contributed by atoms with Gasteiger partial charge in [-0.1, -0.05) is 19.3 Å². The third kappa shape index (κ3) is 2.96. The average Bonchev–Trinajstić information content (AvgIpc) is 2.24. The molecule has 0 bridgehead atoms. The predicted octanol–water partition coefficient (Wildman–Crippen LogP) is 1.28. The Morgan fingerprint density at radius 3 is 2.50 bits per heavy atom. The second kappa shape index (κ2) is 5.03. The van der Waals surface area contributed by atoms with E-state index >= 15 is 0 Å². The highest BCUT2D eigenvalue weighted by Gasteiger charge is 2.31. The molecule has 2 aliphatic rings. The lowest BCUT2D eigenvalue weighted by atomic mass is 9.82. The SMILES string of the molecule is CC1CN(CC2(N)CCCCC2)CCN1C. The Hall–Kier alpha value is -0.120. The highest BCUT2D eigenvalue weighted by Crippen LogP contribution is 2.27. The van der Waals surface area contributed by atoms with Crippen molar-refractivity contribution in [3.63, 3.8) is 0 Å². The molecule has 0 amide bonds. The van der Waals surface area contributed by atoms with Gasteiger partial charge in [0, 0.05) is 37.8 Å². The van der Waals surface area contributed by atoms with Gasteiger partial charge in [-0.15, -0.1) is 0 Å². The van der Waals surface area contributed by atoms with Crippen molar-refractivity contribution >= 4 is 0 Å². The van der Waals surface area contributed by atoms with Crippen LogP contribution in [0.1, 0.15) is 39.0 Å². The fraction of sp³-hybridized carbons (Fsp3) is 1.00. The molecule has 0 aromatic rings. The van der Waals surface area contributed by atoms with Crippen LogP contribution in [0.4, 0.5) is 0 Å². The van der Waals surface area contributed by atoms with Gasteiger partial charge in [-0.3, -0.25) is 4.90 Å². The highest BCUT2D eigenvalue weighted by atomic mass is 15.3. The van der Waals surface area contributed by atoms with Crippen molar-refractivity contribution in [2.24, 2.45) is 5.73 Å². The lowest BCUT2D eigenvalue weighted by molar-refractivity contribution is 0.0774. The number of likely N-dealkylation sites (N-methyl/N-ethyl adjacent to an activating group) is 1. The summed E-state index contributed by atoms with van der Waals surface area (Å²) in [6.07, 6.45) is 6.51. The maximum atomic E-state index is 6.51. The zero-order chi connectivity index (χ0) is 11.6. The molecule has 16 heavy (non-hydrogen) atoms. The van der Waals surface area contributed by atoms with Crippen LogP contribution >= 0.6 is 0 Å². The van der Waals surface area contributed by atoms with Crippen LogP contribution in [-0.2, 0) is 0 Å². The van der Waals surface area contributed by atoms with Crippen molar-refractivity contribution in [3.8, 4) is 0 Å². The molecular formula is C13H27N3. The summed E-state index contributed by atoms with van der Waals surface area (Å²) in [6.45, 7) is 7.01. The fourth-order valence-electron chi connectivity index (χ4n) is 3.13. The number of piperazine rings is 1. The molecule has 1 unspecified atom stereocenters. The number of hydrogen-bond donors (Lipinski definition) is 1. The topological polar surface area (TPSA) is 32.5 Å². The normalized spacial score (nSPS) is 32.8. The van der Waals surface area contributed by atoms with Gasteiger partial charge in [-0.05, 0) is 26.8 Å². The monoisotopic (exact) mass is 225 g/mol. The van der Waals surface area contributed by atoms with Crippen LogP contribution < -0.4 is 5.73 Å². The summed E-state index contributed by atoms with van der Waals surface area (Å²) >= 11 is 0. The van der Waals surface area contributed by atoms with Gasteiger partial charge in [0.15, 0.2) is 0 Å². The zero-order valence-electron chi connectivity index (χ0n) is 10.9. The second-order valence-electron chi connectivity index (χ2n) is 5.99. The summed E-state index contributed by atoms with van der Waals surface area (Å²) in [5, 5.41) is 0. The van der Waals surface area contributed by atoms with Crippen molar-refractivity contribution in [1.82, 2.24) is 9.80 Å². The Morgan fingerprint density at radius 1 is 1.19 bits per heavy atom. The molecule has 94 valence electrons. The van der Waals surface area contributed by atoms with Crippen molar-refractivity contribution in [1.29, 1.82) is 0 Å². The number of nitrogens with zero attached hydrogens (tertiary/aromatic N) is 2. The zero-order valence-corrected chi connectivity index (χ0v) is 10.9. The summed E-state index contributed by atoms with van der Waals surface area (Å²) in [6, 6.07) is 0.681. The minimum atomic E-state index is 0.119. The molecule has 1 saturated carbocycles. The van der Waals surface area contributed by atoms with Crippen LogP contribution in [0.2, 0.25) is 0 Å². The van der Waals surface area contributed by atoms with Gasteiger partial charge in [-0.2, -0.15) is 0 Å². The molecule has 1 atom stereocenters. The van der Waals surface area contributed by atoms with Gasteiger partial charge in [0.25, 0.3) is 0 Å². The molecule has 0 spiro atoms. The van der Waals surface area contributed by atoms with Gasteiger partial charge in [0.05, 0.1) is 0 Å². The smallest absolute Gasteiger partial charge is 0.0283 e. The van der Waals surface area contributed by atoms with Crippen LogP contribution in [0.25, 0.3) is 0 Å². The Morgan fingerprint density at radius 2 is 1.88 bits per heavy atom. The van der Waals surface area contributed by atoms with E-state index < -0.39 is 0 Å². The van der Waals surface area contributed by atoms with E-state index in [1.807, 2.05) is 0 Å². The van der Waals surface area contributed by atoms with Crippen molar-refractivity contribution in [2.75, 3.05) is 33.2 Å². The molecule has 2 fully saturated rings. The minimum absolute atomic E-state index is 0.119. The summed E-state index contributed by atoms with van der Waals surface area (Å²) in [5.41, 5.74) is 6.63. The first-order chi connectivity index (χ1) is 7.59. The molecule has 0 radical (unpaired) electrons. The minimum Gasteiger partial charge on any atom is -0.324 e. The van der Waals surface area contributed by atoms with Gasteiger partial charge in [0.1, 0.15) is 0 Å². The molecule has 1 aliphatic carbocycles. The second-order valence-corrected chi connectivity index (χ2v) is 5.99. The first kappa shape index (κ1) is 12.3. The van der Waals surface area contributed by atoms with Crippen molar-refractivity contribution in [2.45, 2.75) is 50.6 Å². The average molecular weight is 225 g/mol. The highest BCUT2D eigenvalue weighted by molar-refractivity contribution is 4.92. The standard InChI is InChI=1S/C13H27N3/c1-12-10-16(9-8-15(12)2)11-13(14)6-4-3-5-7-13/h12H,3-11,14H2,1-2H3. The first-order valence-electron chi connectivity index (χ1n) is 6.81. The molecule has 3 nitrogen and oxygen atoms in total. The Kier molecular flexibility index (Phi) is 3.88. The molecule has 2 rings (SSSR count). The van der Waals surface area contributed by atoms with E-state index in [0.717, 1.165) is 6.54 Å². The van der Waals surface area contributed by atoms with Gasteiger partial charge < -0.3 is 10.6 Å². The Labute approximate surface area is 100.0 Å². The first-order valence-corrected chi connectivity index (χ1v) is 6.81. The summed E-state index contributed by atoms with van der Waals surface area (Å²) in [7, 11) is 2.22. The summed E-state index contributed by atoms with van der Waals surface area (Å²) < 4.78 is 0. The molecule has 1 saturated heterocycles. The van der Waals surface area contributed by atoms with Crippen LogP contribution in [0.3, 0.4) is 0 Å². The summed E-state index contributed by atoms with van der Waals surface area (Å²) in [4.78, 5) is 5.02. The molecule has 1 heterocycles. The lowest BCUT2D eigenvalue weighted by Crippen LogP contribution is -2.57. The number of hydrogen-bond acceptors (Lipinski definition) is 3. The van der Waals surface area contributed by atoms with E-state index in [1.165, 1.54) is 51.7 Å². The van der Waals surface area contributed by atoms with Crippen LogP contribution in [0.5, 0.6) is 0 Å². The van der Waals surface area contributed by atoms with E-state index in [2.05, 4.69) is 23.8 Å². The molecule has 0 aromatic heterocycles. The van der Waals surface area contributed by atoms with E-state index in [1.54, 1.807) is 0 Å². The molecule has 1 aliphatic heterocycles. The van der Waals surface area contributed by atoms with Gasteiger partial charge in [-0.25, -0.2) is 0 Å². The van der Waals surface area contributed by atoms with E-state index in [9.17, 15) is 0 Å². The molecule has 2 N–H and O–H groups in total. The van der Waals surface area contributed by atoms with E-state index in [0.29, 0.717) is 6.04 Å². The van der Waals surface area contributed by atoms with Gasteiger partial charge >= 0.3 is 0 Å². The Bertz CT molecular complexity index is 223. The lowest BCUT2D eigenvalue weighted by Gasteiger charge is -2.43. The van der Waals surface area contributed by atoms with Crippen molar-refractivity contribution in [3.05, 3.63) is 0 Å². The largest absolute Gasteiger partial charge is 0.324 e.